The molecule has 0 aromatic heterocycles. The van der Waals surface area contributed by atoms with E-state index in [-0.39, 0.29) is 27.8 Å². The molecule has 0 radical (unpaired) electrons. The summed E-state index contributed by atoms with van der Waals surface area (Å²) in [4.78, 5) is -0.167. The summed E-state index contributed by atoms with van der Waals surface area (Å²) in [6, 6.07) is 8.87. The van der Waals surface area contributed by atoms with Crippen LogP contribution in [-0.4, -0.2) is 23.4 Å². The fourth-order valence-electron chi connectivity index (χ4n) is 2.38. The Kier molecular flexibility index (Phi) is 5.40. The first kappa shape index (κ1) is 19.2. The van der Waals surface area contributed by atoms with Crippen molar-refractivity contribution in [2.24, 2.45) is 5.14 Å². The van der Waals surface area contributed by atoms with Crippen LogP contribution < -0.4 is 14.6 Å². The van der Waals surface area contributed by atoms with Crippen molar-refractivity contribution in [3.05, 3.63) is 47.5 Å². The first-order chi connectivity index (χ1) is 11.5. The van der Waals surface area contributed by atoms with Crippen LogP contribution in [0.15, 0.2) is 46.2 Å². The molecule has 0 saturated heterocycles. The van der Waals surface area contributed by atoms with Gasteiger partial charge in [-0.2, -0.15) is 0 Å². The molecule has 0 amide bonds. The third-order valence-corrected chi connectivity index (χ3v) is 5.90. The van der Waals surface area contributed by atoms with E-state index in [4.69, 9.17) is 9.88 Å². The number of aryl methyl sites for hydroxylation is 2. The van der Waals surface area contributed by atoms with Gasteiger partial charge < -0.3 is 4.74 Å². The van der Waals surface area contributed by atoms with E-state index in [9.17, 15) is 16.8 Å². The van der Waals surface area contributed by atoms with E-state index in [0.29, 0.717) is 5.56 Å². The number of hydrogen-bond acceptors (Lipinski definition) is 5. The van der Waals surface area contributed by atoms with Crippen molar-refractivity contribution in [3.8, 4) is 5.75 Å². The van der Waals surface area contributed by atoms with E-state index in [1.165, 1.54) is 18.2 Å². The predicted molar refractivity (Wildman–Crippen MR) is 95.7 cm³/mol. The Morgan fingerprint density at radius 1 is 1.00 bits per heavy atom. The van der Waals surface area contributed by atoms with Crippen molar-refractivity contribution in [1.29, 1.82) is 0 Å². The van der Waals surface area contributed by atoms with Crippen LogP contribution in [0.4, 0.5) is 5.69 Å². The summed E-state index contributed by atoms with van der Waals surface area (Å²) in [5, 5.41) is 5.19. The first-order valence-corrected chi connectivity index (χ1v) is 10.5. The van der Waals surface area contributed by atoms with Crippen LogP contribution in [0.1, 0.15) is 18.1 Å². The minimum absolute atomic E-state index is 0.0689. The average molecular weight is 384 g/mol. The van der Waals surface area contributed by atoms with Crippen LogP contribution in [0.25, 0.3) is 0 Å². The molecule has 7 nitrogen and oxygen atoms in total. The van der Waals surface area contributed by atoms with Gasteiger partial charge in [0.25, 0.3) is 10.0 Å². The molecule has 0 spiro atoms. The van der Waals surface area contributed by atoms with Crippen LogP contribution in [0.3, 0.4) is 0 Å². The third-order valence-electron chi connectivity index (χ3n) is 3.42. The van der Waals surface area contributed by atoms with Crippen LogP contribution in [-0.2, 0) is 20.0 Å². The van der Waals surface area contributed by atoms with Crippen LogP contribution in [0.2, 0.25) is 0 Å². The molecule has 2 aromatic carbocycles. The fraction of sp³-hybridized carbons (Fsp3) is 0.250. The molecule has 25 heavy (non-hydrogen) atoms. The molecule has 0 aliphatic carbocycles. The first-order valence-electron chi connectivity index (χ1n) is 7.44. The van der Waals surface area contributed by atoms with Crippen molar-refractivity contribution in [2.45, 2.75) is 30.6 Å². The Hall–Kier alpha value is -2.10. The minimum atomic E-state index is -4.07. The molecule has 0 heterocycles. The highest BCUT2D eigenvalue weighted by molar-refractivity contribution is 7.92. The smallest absolute Gasteiger partial charge is 0.262 e. The second-order valence-corrected chi connectivity index (χ2v) is 8.69. The van der Waals surface area contributed by atoms with Gasteiger partial charge in [0.05, 0.1) is 17.2 Å². The Morgan fingerprint density at radius 2 is 1.68 bits per heavy atom. The molecule has 0 saturated carbocycles. The highest BCUT2D eigenvalue weighted by atomic mass is 32.2. The lowest BCUT2D eigenvalue weighted by atomic mass is 10.2. The van der Waals surface area contributed by atoms with E-state index in [1.54, 1.807) is 26.0 Å². The number of benzene rings is 2. The molecular weight excluding hydrogens is 364 g/mol. The van der Waals surface area contributed by atoms with Crippen LogP contribution >= 0.6 is 0 Å². The number of nitrogens with two attached hydrogens (primary N) is 1. The van der Waals surface area contributed by atoms with E-state index in [0.717, 1.165) is 11.6 Å². The molecule has 0 bridgehead atoms. The number of primary sulfonamides is 1. The summed E-state index contributed by atoms with van der Waals surface area (Å²) >= 11 is 0. The van der Waals surface area contributed by atoms with Crippen LogP contribution in [0.5, 0.6) is 5.75 Å². The zero-order valence-corrected chi connectivity index (χ0v) is 15.7. The van der Waals surface area contributed by atoms with E-state index in [1.807, 2.05) is 6.92 Å². The molecule has 0 atom stereocenters. The minimum Gasteiger partial charge on any atom is -0.492 e. The van der Waals surface area contributed by atoms with Gasteiger partial charge in [-0.05, 0) is 50.6 Å². The maximum absolute atomic E-state index is 12.6. The second-order valence-electron chi connectivity index (χ2n) is 5.51. The van der Waals surface area contributed by atoms with Crippen molar-refractivity contribution in [3.63, 3.8) is 0 Å². The molecule has 0 aliphatic rings. The number of nitrogens with one attached hydrogen (secondary N) is 1. The molecule has 2 rings (SSSR count). The maximum atomic E-state index is 12.6. The lowest BCUT2D eigenvalue weighted by Crippen LogP contribution is -2.17. The standard InChI is InChI=1S/C16H20N2O5S2/c1-4-23-14-7-6-13(10-16(14)24(17,19)20)18-25(21,22)15-8-5-11(2)9-12(15)3/h5-10,18H,4H2,1-3H3,(H2,17,19,20). The average Bonchev–Trinajstić information content (AvgIpc) is 2.47. The molecule has 3 N–H and O–H groups in total. The van der Waals surface area contributed by atoms with E-state index in [2.05, 4.69) is 4.72 Å². The van der Waals surface area contributed by atoms with Gasteiger partial charge >= 0.3 is 0 Å². The Morgan fingerprint density at radius 3 is 2.24 bits per heavy atom. The molecule has 0 unspecified atom stereocenters. The van der Waals surface area contributed by atoms with Crippen molar-refractivity contribution in [2.75, 3.05) is 11.3 Å². The zero-order valence-electron chi connectivity index (χ0n) is 14.1. The zero-order chi connectivity index (χ0) is 18.8. The second kappa shape index (κ2) is 7.03. The van der Waals surface area contributed by atoms with Gasteiger partial charge in [0.1, 0.15) is 10.6 Å². The van der Waals surface area contributed by atoms with Gasteiger partial charge in [-0.25, -0.2) is 22.0 Å². The predicted octanol–water partition coefficient (Wildman–Crippen LogP) is 2.15. The van der Waals surface area contributed by atoms with Gasteiger partial charge in [-0.15, -0.1) is 0 Å². The van der Waals surface area contributed by atoms with Gasteiger partial charge in [0, 0.05) is 0 Å². The maximum Gasteiger partial charge on any atom is 0.262 e. The molecule has 136 valence electrons. The summed E-state index contributed by atoms with van der Waals surface area (Å²) in [7, 11) is -7.95. The van der Waals surface area contributed by atoms with E-state index >= 15 is 0 Å². The SMILES string of the molecule is CCOc1ccc(NS(=O)(=O)c2ccc(C)cc2C)cc1S(N)(=O)=O. The lowest BCUT2D eigenvalue weighted by molar-refractivity contribution is 0.331. The topological polar surface area (TPSA) is 116 Å². The summed E-state index contributed by atoms with van der Waals surface area (Å²) in [6.07, 6.45) is 0. The summed E-state index contributed by atoms with van der Waals surface area (Å²) < 4.78 is 56.2. The lowest BCUT2D eigenvalue weighted by Gasteiger charge is -2.13. The number of anilines is 1. The van der Waals surface area contributed by atoms with Crippen molar-refractivity contribution in [1.82, 2.24) is 0 Å². The normalized spacial score (nSPS) is 12.0. The summed E-state index contributed by atoms with van der Waals surface area (Å²) in [5.74, 6) is 0.0689. The molecule has 2 aromatic rings. The van der Waals surface area contributed by atoms with Gasteiger partial charge in [-0.3, -0.25) is 4.72 Å². The molecular formula is C16H20N2O5S2. The monoisotopic (exact) mass is 384 g/mol. The highest BCUT2D eigenvalue weighted by Gasteiger charge is 2.20. The van der Waals surface area contributed by atoms with E-state index < -0.39 is 20.0 Å². The number of ether oxygens (including phenoxy) is 1. The number of sulfonamides is 2. The largest absolute Gasteiger partial charge is 0.492 e. The number of rotatable bonds is 6. The van der Waals surface area contributed by atoms with Gasteiger partial charge in [0.2, 0.25) is 10.0 Å². The summed E-state index contributed by atoms with van der Waals surface area (Å²) in [6.45, 7) is 5.50. The fourth-order valence-corrected chi connectivity index (χ4v) is 4.36. The quantitative estimate of drug-likeness (QED) is 0.792. The Balaban J connectivity index is 2.46. The Bertz CT molecular complexity index is 999. The third kappa shape index (κ3) is 4.50. The van der Waals surface area contributed by atoms with Crippen LogP contribution in [0, 0.1) is 13.8 Å². The number of hydrogen-bond donors (Lipinski definition) is 2. The van der Waals surface area contributed by atoms with Crippen molar-refractivity contribution < 1.29 is 21.6 Å². The van der Waals surface area contributed by atoms with Gasteiger partial charge in [0.15, 0.2) is 0 Å². The molecule has 0 aliphatic heterocycles. The summed E-state index contributed by atoms with van der Waals surface area (Å²) in [5.41, 5.74) is 1.60. The Labute approximate surface area is 147 Å². The van der Waals surface area contributed by atoms with Crippen molar-refractivity contribution >= 4 is 25.7 Å². The molecule has 0 fully saturated rings. The highest BCUT2D eigenvalue weighted by Crippen LogP contribution is 2.28. The molecule has 9 heteroatoms. The van der Waals surface area contributed by atoms with Gasteiger partial charge in [-0.1, -0.05) is 17.7 Å².